The quantitative estimate of drug-likeness (QED) is 0.765. The summed E-state index contributed by atoms with van der Waals surface area (Å²) in [4.78, 5) is 31.0. The molecular weight excluding hydrogens is 364 g/mol. The predicted octanol–water partition coefficient (Wildman–Crippen LogP) is 2.97. The van der Waals surface area contributed by atoms with Crippen molar-refractivity contribution in [3.05, 3.63) is 58.9 Å². The summed E-state index contributed by atoms with van der Waals surface area (Å²) in [5.74, 6) is -0.762. The van der Waals surface area contributed by atoms with Crippen LogP contribution in [0.15, 0.2) is 36.7 Å². The van der Waals surface area contributed by atoms with E-state index in [0.717, 1.165) is 54.9 Å². The zero-order valence-electron chi connectivity index (χ0n) is 17.5. The number of amides is 2. The number of hydrogen-bond donors (Lipinski definition) is 2. The summed E-state index contributed by atoms with van der Waals surface area (Å²) in [6.07, 6.45) is 5.68. The first-order valence-electron chi connectivity index (χ1n) is 10.2. The Hall–Kier alpha value is -2.73. The predicted molar refractivity (Wildman–Crippen MR) is 115 cm³/mol. The molecule has 2 heterocycles. The largest absolute Gasteiger partial charge is 0.348 e. The number of likely N-dealkylation sites (tertiary alicyclic amines) is 1. The van der Waals surface area contributed by atoms with Gasteiger partial charge in [0.25, 0.3) is 0 Å². The van der Waals surface area contributed by atoms with Gasteiger partial charge >= 0.3 is 11.8 Å². The molecule has 0 atom stereocenters. The highest BCUT2D eigenvalue weighted by molar-refractivity contribution is 6.39. The number of carbonyl (C=O) groups excluding carboxylic acids is 2. The van der Waals surface area contributed by atoms with Gasteiger partial charge in [-0.25, -0.2) is 0 Å². The Bertz CT molecular complexity index is 835. The number of hydrogen-bond acceptors (Lipinski definition) is 4. The van der Waals surface area contributed by atoms with E-state index in [-0.39, 0.29) is 0 Å². The maximum atomic E-state index is 12.3. The van der Waals surface area contributed by atoms with Gasteiger partial charge in [-0.1, -0.05) is 17.7 Å². The summed E-state index contributed by atoms with van der Waals surface area (Å²) in [5, 5.41) is 5.57. The summed E-state index contributed by atoms with van der Waals surface area (Å²) < 4.78 is 0. The van der Waals surface area contributed by atoms with Gasteiger partial charge in [-0.05, 0) is 81.4 Å². The molecule has 6 nitrogen and oxygen atoms in total. The van der Waals surface area contributed by atoms with E-state index in [1.54, 1.807) is 0 Å². The van der Waals surface area contributed by atoms with Gasteiger partial charge in [-0.3, -0.25) is 19.5 Å². The fourth-order valence-corrected chi connectivity index (χ4v) is 3.96. The highest BCUT2D eigenvalue weighted by Crippen LogP contribution is 2.22. The fraction of sp³-hybridized carbons (Fsp3) is 0.435. The maximum absolute atomic E-state index is 12.3. The first kappa shape index (κ1) is 21.0. The molecule has 1 saturated heterocycles. The number of pyridine rings is 1. The lowest BCUT2D eigenvalue weighted by Crippen LogP contribution is -2.41. The first-order valence-corrected chi connectivity index (χ1v) is 10.2. The SMILES string of the molecule is Cc1cc(C)c(NC(=O)C(=O)NCC2CCN(Cc3ccncc3)CC2)c(C)c1. The zero-order chi connectivity index (χ0) is 20.8. The van der Waals surface area contributed by atoms with Crippen LogP contribution in [0.4, 0.5) is 5.69 Å². The molecule has 154 valence electrons. The van der Waals surface area contributed by atoms with Crippen molar-refractivity contribution in [3.8, 4) is 0 Å². The van der Waals surface area contributed by atoms with E-state index in [1.807, 2.05) is 57.4 Å². The van der Waals surface area contributed by atoms with E-state index in [1.165, 1.54) is 5.56 Å². The number of carbonyl (C=O) groups is 2. The van der Waals surface area contributed by atoms with Crippen LogP contribution in [-0.2, 0) is 16.1 Å². The molecule has 2 amide bonds. The van der Waals surface area contributed by atoms with Crippen LogP contribution in [0.5, 0.6) is 0 Å². The van der Waals surface area contributed by atoms with E-state index < -0.39 is 11.8 Å². The van der Waals surface area contributed by atoms with E-state index in [2.05, 4.69) is 20.5 Å². The minimum absolute atomic E-state index is 0.406. The molecule has 1 fully saturated rings. The lowest BCUT2D eigenvalue weighted by molar-refractivity contribution is -0.136. The van der Waals surface area contributed by atoms with Gasteiger partial charge in [0.15, 0.2) is 0 Å². The Morgan fingerprint density at radius 3 is 2.28 bits per heavy atom. The van der Waals surface area contributed by atoms with Crippen LogP contribution in [0.25, 0.3) is 0 Å². The average Bonchev–Trinajstić information content (AvgIpc) is 2.70. The van der Waals surface area contributed by atoms with Crippen molar-refractivity contribution in [2.45, 2.75) is 40.2 Å². The van der Waals surface area contributed by atoms with Crippen LogP contribution in [0.2, 0.25) is 0 Å². The standard InChI is InChI=1S/C23H30N4O2/c1-16-12-17(2)21(18(3)13-16)26-23(29)22(28)25-14-19-6-10-27(11-7-19)15-20-4-8-24-9-5-20/h4-5,8-9,12-13,19H,6-7,10-11,14-15H2,1-3H3,(H,25,28)(H,26,29). The van der Waals surface area contributed by atoms with Gasteiger partial charge in [-0.2, -0.15) is 0 Å². The topological polar surface area (TPSA) is 74.3 Å². The lowest BCUT2D eigenvalue weighted by Gasteiger charge is -2.32. The summed E-state index contributed by atoms with van der Waals surface area (Å²) in [6, 6.07) is 8.09. The van der Waals surface area contributed by atoms with Gasteiger partial charge in [0.2, 0.25) is 0 Å². The second-order valence-electron chi connectivity index (χ2n) is 8.01. The van der Waals surface area contributed by atoms with Gasteiger partial charge in [0.05, 0.1) is 0 Å². The Kier molecular flexibility index (Phi) is 6.99. The molecule has 1 aromatic carbocycles. The summed E-state index contributed by atoms with van der Waals surface area (Å²) >= 11 is 0. The molecule has 1 aliphatic heterocycles. The van der Waals surface area contributed by atoms with E-state index in [9.17, 15) is 9.59 Å². The van der Waals surface area contributed by atoms with Gasteiger partial charge in [0.1, 0.15) is 0 Å². The number of piperidine rings is 1. The maximum Gasteiger partial charge on any atom is 0.313 e. The summed E-state index contributed by atoms with van der Waals surface area (Å²) in [7, 11) is 0. The number of nitrogens with zero attached hydrogens (tertiary/aromatic N) is 2. The minimum Gasteiger partial charge on any atom is -0.348 e. The van der Waals surface area contributed by atoms with Crippen LogP contribution in [-0.4, -0.2) is 41.3 Å². The van der Waals surface area contributed by atoms with E-state index in [4.69, 9.17) is 0 Å². The molecule has 2 aromatic rings. The van der Waals surface area contributed by atoms with Gasteiger partial charge < -0.3 is 10.6 Å². The van der Waals surface area contributed by atoms with Crippen molar-refractivity contribution in [2.75, 3.05) is 25.0 Å². The first-order chi connectivity index (χ1) is 13.9. The lowest BCUT2D eigenvalue weighted by atomic mass is 9.96. The minimum atomic E-state index is -0.602. The van der Waals surface area contributed by atoms with Crippen molar-refractivity contribution >= 4 is 17.5 Å². The molecule has 0 radical (unpaired) electrons. The Morgan fingerprint density at radius 2 is 1.66 bits per heavy atom. The van der Waals surface area contributed by atoms with Crippen molar-refractivity contribution in [2.24, 2.45) is 5.92 Å². The highest BCUT2D eigenvalue weighted by Gasteiger charge is 2.22. The molecule has 0 unspecified atom stereocenters. The van der Waals surface area contributed by atoms with Crippen LogP contribution in [0.3, 0.4) is 0 Å². The third kappa shape index (κ3) is 5.87. The van der Waals surface area contributed by atoms with Crippen molar-refractivity contribution in [3.63, 3.8) is 0 Å². The van der Waals surface area contributed by atoms with Crippen molar-refractivity contribution in [1.82, 2.24) is 15.2 Å². The monoisotopic (exact) mass is 394 g/mol. The fourth-order valence-electron chi connectivity index (χ4n) is 3.96. The van der Waals surface area contributed by atoms with Crippen LogP contribution >= 0.6 is 0 Å². The Balaban J connectivity index is 1.42. The second kappa shape index (κ2) is 9.65. The Labute approximate surface area is 172 Å². The molecule has 2 N–H and O–H groups in total. The molecule has 1 aliphatic rings. The molecule has 6 heteroatoms. The van der Waals surface area contributed by atoms with Crippen molar-refractivity contribution < 1.29 is 9.59 Å². The molecule has 29 heavy (non-hydrogen) atoms. The summed E-state index contributed by atoms with van der Waals surface area (Å²) in [6.45, 7) is 9.36. The Morgan fingerprint density at radius 1 is 1.03 bits per heavy atom. The smallest absolute Gasteiger partial charge is 0.313 e. The summed E-state index contributed by atoms with van der Waals surface area (Å²) in [5.41, 5.74) is 5.05. The van der Waals surface area contributed by atoms with Gasteiger partial charge in [-0.15, -0.1) is 0 Å². The third-order valence-electron chi connectivity index (χ3n) is 5.54. The van der Waals surface area contributed by atoms with E-state index >= 15 is 0 Å². The second-order valence-corrected chi connectivity index (χ2v) is 8.01. The normalized spacial score (nSPS) is 15.1. The van der Waals surface area contributed by atoms with Crippen LogP contribution < -0.4 is 10.6 Å². The number of aromatic nitrogens is 1. The molecule has 0 bridgehead atoms. The third-order valence-corrected chi connectivity index (χ3v) is 5.54. The number of benzene rings is 1. The van der Waals surface area contributed by atoms with Crippen LogP contribution in [0.1, 0.15) is 35.1 Å². The molecule has 0 spiro atoms. The number of anilines is 1. The number of aryl methyl sites for hydroxylation is 3. The van der Waals surface area contributed by atoms with Crippen molar-refractivity contribution in [1.29, 1.82) is 0 Å². The molecule has 0 aliphatic carbocycles. The van der Waals surface area contributed by atoms with Gasteiger partial charge in [0, 0.05) is 31.2 Å². The number of nitrogens with one attached hydrogen (secondary N) is 2. The van der Waals surface area contributed by atoms with Crippen LogP contribution in [0, 0.1) is 26.7 Å². The highest BCUT2D eigenvalue weighted by atomic mass is 16.2. The number of rotatable bonds is 5. The zero-order valence-corrected chi connectivity index (χ0v) is 17.5. The average molecular weight is 395 g/mol. The molecule has 0 saturated carbocycles. The molecule has 1 aromatic heterocycles. The molecular formula is C23H30N4O2. The van der Waals surface area contributed by atoms with E-state index in [0.29, 0.717) is 12.5 Å². The molecule has 3 rings (SSSR count).